The summed E-state index contributed by atoms with van der Waals surface area (Å²) in [4.78, 5) is 0. The number of aliphatic hydroxyl groups is 1. The maximum Gasteiger partial charge on any atom is 0.170 e. The molecule has 12 heavy (non-hydrogen) atoms. The molecule has 0 spiro atoms. The Kier molecular flexibility index (Phi) is 3.19. The molecule has 0 saturated carbocycles. The van der Waals surface area contributed by atoms with Gasteiger partial charge in [0.25, 0.3) is 0 Å². The van der Waals surface area contributed by atoms with Crippen molar-refractivity contribution in [2.24, 2.45) is 0 Å². The smallest absolute Gasteiger partial charge is 0.170 e. The second-order valence-electron chi connectivity index (χ2n) is 2.23. The highest BCUT2D eigenvalue weighted by Gasteiger charge is 2.10. The summed E-state index contributed by atoms with van der Waals surface area (Å²) in [5.41, 5.74) is 0.539. The third-order valence-corrected chi connectivity index (χ3v) is 2.25. The predicted octanol–water partition coefficient (Wildman–Crippen LogP) is 0.345. The number of benzene rings is 1. The van der Waals surface area contributed by atoms with Crippen molar-refractivity contribution in [2.45, 2.75) is 6.61 Å². The minimum Gasteiger partial charge on any atom is -0.595 e. The number of aliphatic hydroxyl groups excluding tert-OH is 1. The molecule has 1 unspecified atom stereocenters. The lowest BCUT2D eigenvalue weighted by molar-refractivity contribution is -0.991. The summed E-state index contributed by atoms with van der Waals surface area (Å²) >= 11 is 3.15. The maximum absolute atomic E-state index is 10.6. The van der Waals surface area contributed by atoms with Crippen LogP contribution in [0.4, 0.5) is 5.69 Å². The van der Waals surface area contributed by atoms with Gasteiger partial charge >= 0.3 is 0 Å². The Morgan fingerprint density at radius 3 is 2.58 bits per heavy atom. The van der Waals surface area contributed by atoms with Crippen molar-refractivity contribution < 1.29 is 15.5 Å². The van der Waals surface area contributed by atoms with E-state index in [2.05, 4.69) is 15.9 Å². The molecule has 1 aromatic carbocycles. The lowest BCUT2D eigenvalue weighted by Crippen LogP contribution is -2.99. The van der Waals surface area contributed by atoms with Crippen LogP contribution in [0, 0.1) is 5.21 Å². The lowest BCUT2D eigenvalue weighted by Gasteiger charge is -2.15. The summed E-state index contributed by atoms with van der Waals surface area (Å²) in [5.74, 6) is 0. The number of halogens is 1. The van der Waals surface area contributed by atoms with Crippen LogP contribution in [-0.2, 0) is 6.61 Å². The van der Waals surface area contributed by atoms with Crippen LogP contribution in [0.15, 0.2) is 22.7 Å². The molecule has 1 aromatic rings. The first kappa shape index (κ1) is 9.63. The molecule has 0 aliphatic heterocycles. The molecular formula is C7H8BrNO3. The normalized spacial score (nSPS) is 13.0. The molecule has 0 aromatic heterocycles. The Bertz CT molecular complexity index is 277. The second kappa shape index (κ2) is 3.97. The molecule has 0 saturated heterocycles. The van der Waals surface area contributed by atoms with Crippen LogP contribution in [0.2, 0.25) is 0 Å². The van der Waals surface area contributed by atoms with Gasteiger partial charge in [0.2, 0.25) is 0 Å². The summed E-state index contributed by atoms with van der Waals surface area (Å²) < 4.78 is 0.616. The summed E-state index contributed by atoms with van der Waals surface area (Å²) in [5, 5.41) is 27.1. The molecule has 0 fully saturated rings. The molecule has 0 amide bonds. The van der Waals surface area contributed by atoms with Crippen LogP contribution >= 0.6 is 15.9 Å². The van der Waals surface area contributed by atoms with Crippen LogP contribution in [0.25, 0.3) is 0 Å². The van der Waals surface area contributed by atoms with Crippen molar-refractivity contribution in [1.82, 2.24) is 0 Å². The summed E-state index contributed by atoms with van der Waals surface area (Å²) in [7, 11) is 0. The van der Waals surface area contributed by atoms with Gasteiger partial charge in [-0.1, -0.05) is 22.0 Å². The van der Waals surface area contributed by atoms with E-state index in [1.807, 2.05) is 0 Å². The van der Waals surface area contributed by atoms with E-state index >= 15 is 0 Å². The van der Waals surface area contributed by atoms with E-state index in [9.17, 15) is 5.21 Å². The van der Waals surface area contributed by atoms with Gasteiger partial charge in [0.05, 0.1) is 12.2 Å². The fraction of sp³-hybridized carbons (Fsp3) is 0.143. The van der Waals surface area contributed by atoms with Gasteiger partial charge in [-0.15, -0.1) is 0 Å². The zero-order valence-electron chi connectivity index (χ0n) is 6.12. The highest BCUT2D eigenvalue weighted by molar-refractivity contribution is 9.10. The number of quaternary nitrogens is 1. The Balaban J connectivity index is 3.18. The Hall–Kier alpha value is -0.460. The van der Waals surface area contributed by atoms with Crippen LogP contribution in [0.3, 0.4) is 0 Å². The largest absolute Gasteiger partial charge is 0.595 e. The van der Waals surface area contributed by atoms with Gasteiger partial charge in [-0.05, 0) is 6.07 Å². The zero-order chi connectivity index (χ0) is 9.14. The fourth-order valence-electron chi connectivity index (χ4n) is 0.920. The summed E-state index contributed by atoms with van der Waals surface area (Å²) in [6, 6.07) is 4.77. The lowest BCUT2D eigenvalue weighted by atomic mass is 10.2. The SMILES string of the molecule is [O-][NH+](O)c1cccc(Br)c1CO. The van der Waals surface area contributed by atoms with Crippen molar-refractivity contribution in [2.75, 3.05) is 0 Å². The molecule has 0 aliphatic rings. The van der Waals surface area contributed by atoms with Crippen LogP contribution in [0.5, 0.6) is 0 Å². The average Bonchev–Trinajstić information content (AvgIpc) is 2.03. The van der Waals surface area contributed by atoms with Crippen molar-refractivity contribution in [3.63, 3.8) is 0 Å². The van der Waals surface area contributed by atoms with E-state index in [1.165, 1.54) is 6.07 Å². The van der Waals surface area contributed by atoms with Gasteiger partial charge in [-0.3, -0.25) is 0 Å². The van der Waals surface area contributed by atoms with Crippen molar-refractivity contribution >= 4 is 21.6 Å². The van der Waals surface area contributed by atoms with Gasteiger partial charge in [0.1, 0.15) is 0 Å². The van der Waals surface area contributed by atoms with Gasteiger partial charge in [-0.25, -0.2) is 5.21 Å². The standard InChI is InChI=1S/C7H8BrNO3/c8-6-2-1-3-7(9(11)12)5(6)4-10/h1-3,9-11H,4H2. The van der Waals surface area contributed by atoms with E-state index in [4.69, 9.17) is 10.3 Å². The molecule has 5 heteroatoms. The quantitative estimate of drug-likeness (QED) is 0.646. The Morgan fingerprint density at radius 2 is 2.17 bits per heavy atom. The molecule has 3 N–H and O–H groups in total. The number of nitrogens with one attached hydrogen (secondary N) is 1. The predicted molar refractivity (Wildman–Crippen MR) is 45.8 cm³/mol. The van der Waals surface area contributed by atoms with Crippen LogP contribution in [0.1, 0.15) is 5.56 Å². The fourth-order valence-corrected chi connectivity index (χ4v) is 1.41. The first-order valence-corrected chi connectivity index (χ1v) is 4.07. The highest BCUT2D eigenvalue weighted by atomic mass is 79.9. The minimum absolute atomic E-state index is 0.131. The number of rotatable bonds is 2. The van der Waals surface area contributed by atoms with Gasteiger partial charge in [0, 0.05) is 10.5 Å². The molecule has 0 heterocycles. The van der Waals surface area contributed by atoms with Crippen LogP contribution in [-0.4, -0.2) is 10.3 Å². The van der Waals surface area contributed by atoms with Crippen LogP contribution < -0.4 is 5.23 Å². The molecule has 0 bridgehead atoms. The van der Waals surface area contributed by atoms with E-state index in [1.54, 1.807) is 12.1 Å². The Labute approximate surface area is 77.7 Å². The van der Waals surface area contributed by atoms with Crippen molar-refractivity contribution in [1.29, 1.82) is 0 Å². The zero-order valence-corrected chi connectivity index (χ0v) is 7.71. The molecular weight excluding hydrogens is 226 g/mol. The first-order chi connectivity index (χ1) is 5.66. The molecule has 1 atom stereocenters. The van der Waals surface area contributed by atoms with Gasteiger partial charge < -0.3 is 10.3 Å². The maximum atomic E-state index is 10.6. The van der Waals surface area contributed by atoms with E-state index in [-0.39, 0.29) is 12.3 Å². The molecule has 66 valence electrons. The Morgan fingerprint density at radius 1 is 1.50 bits per heavy atom. The number of hydrogen-bond donors (Lipinski definition) is 3. The van der Waals surface area contributed by atoms with E-state index in [0.29, 0.717) is 10.0 Å². The van der Waals surface area contributed by atoms with Crippen molar-refractivity contribution in [3.05, 3.63) is 33.4 Å². The molecule has 1 rings (SSSR count). The third kappa shape index (κ3) is 1.82. The van der Waals surface area contributed by atoms with E-state index in [0.717, 1.165) is 0 Å². The minimum atomic E-state index is -1.03. The van der Waals surface area contributed by atoms with Gasteiger partial charge in [0.15, 0.2) is 5.69 Å². The monoisotopic (exact) mass is 233 g/mol. The molecule has 0 aliphatic carbocycles. The summed E-state index contributed by atoms with van der Waals surface area (Å²) in [6.07, 6.45) is 0. The van der Waals surface area contributed by atoms with Gasteiger partial charge in [-0.2, -0.15) is 5.23 Å². The highest BCUT2D eigenvalue weighted by Crippen LogP contribution is 2.21. The summed E-state index contributed by atoms with van der Waals surface area (Å²) in [6.45, 7) is -0.275. The molecule has 0 radical (unpaired) electrons. The number of hydrogen-bond acceptors (Lipinski definition) is 3. The van der Waals surface area contributed by atoms with Crippen molar-refractivity contribution in [3.8, 4) is 0 Å². The van der Waals surface area contributed by atoms with E-state index < -0.39 is 5.23 Å². The first-order valence-electron chi connectivity index (χ1n) is 3.28. The average molecular weight is 234 g/mol. The topological polar surface area (TPSA) is 68.0 Å². The molecule has 4 nitrogen and oxygen atoms in total. The second-order valence-corrected chi connectivity index (χ2v) is 3.08. The third-order valence-electron chi connectivity index (χ3n) is 1.51.